The van der Waals surface area contributed by atoms with Gasteiger partial charge in [0.1, 0.15) is 5.75 Å². The van der Waals surface area contributed by atoms with Crippen LogP contribution in [0.1, 0.15) is 5.56 Å². The van der Waals surface area contributed by atoms with Gasteiger partial charge in [0.25, 0.3) is 0 Å². The molecule has 0 saturated carbocycles. The van der Waals surface area contributed by atoms with Gasteiger partial charge in [-0.25, -0.2) is 0 Å². The molecule has 0 spiro atoms. The van der Waals surface area contributed by atoms with Crippen LogP contribution in [0.15, 0.2) is 30.3 Å². The molecule has 1 nitrogen and oxygen atoms in total. The van der Waals surface area contributed by atoms with Crippen LogP contribution >= 0.6 is 11.6 Å². The molecule has 0 atom stereocenters. The Bertz CT molecular complexity index is 455. The summed E-state index contributed by atoms with van der Waals surface area (Å²) in [5.41, 5.74) is 1.04. The molecule has 66 valence electrons. The van der Waals surface area contributed by atoms with Gasteiger partial charge in [-0.3, -0.25) is 0 Å². The number of benzene rings is 2. The molecule has 2 heteroatoms. The topological polar surface area (TPSA) is 20.2 Å². The second-order valence-corrected chi connectivity index (χ2v) is 3.47. The molecule has 1 N–H and O–H groups in total. The summed E-state index contributed by atoms with van der Waals surface area (Å²) >= 11 is 5.99. The number of aryl methyl sites for hydroxylation is 1. The number of fused-ring (bicyclic) bond motifs is 1. The van der Waals surface area contributed by atoms with Gasteiger partial charge >= 0.3 is 0 Å². The summed E-state index contributed by atoms with van der Waals surface area (Å²) in [6.45, 7) is 1.96. The molecule has 0 amide bonds. The molecule has 2 aromatic rings. The Labute approximate surface area is 81.6 Å². The maximum absolute atomic E-state index is 9.62. The van der Waals surface area contributed by atoms with Crippen molar-refractivity contribution in [1.82, 2.24) is 0 Å². The van der Waals surface area contributed by atoms with Gasteiger partial charge in [0.2, 0.25) is 0 Å². The molecule has 0 unspecified atom stereocenters. The fourth-order valence-electron chi connectivity index (χ4n) is 1.53. The average molecular weight is 193 g/mol. The van der Waals surface area contributed by atoms with E-state index in [2.05, 4.69) is 0 Å². The summed E-state index contributed by atoms with van der Waals surface area (Å²) in [5.74, 6) is 0.289. The molecule has 0 aliphatic heterocycles. The first kappa shape index (κ1) is 8.39. The van der Waals surface area contributed by atoms with Crippen LogP contribution in [0, 0.1) is 6.92 Å². The normalized spacial score (nSPS) is 10.6. The van der Waals surface area contributed by atoms with Crippen LogP contribution in [0.4, 0.5) is 0 Å². The summed E-state index contributed by atoms with van der Waals surface area (Å²) in [6.07, 6.45) is 0. The van der Waals surface area contributed by atoms with Crippen LogP contribution in [0.3, 0.4) is 0 Å². The van der Waals surface area contributed by atoms with Gasteiger partial charge in [-0.15, -0.1) is 0 Å². The first-order chi connectivity index (χ1) is 6.20. The van der Waals surface area contributed by atoms with Crippen molar-refractivity contribution in [2.24, 2.45) is 0 Å². The smallest absolute Gasteiger partial charge is 0.123 e. The Balaban J connectivity index is 3.00. The highest BCUT2D eigenvalue weighted by atomic mass is 35.5. The van der Waals surface area contributed by atoms with E-state index in [4.69, 9.17) is 11.6 Å². The molecule has 0 heterocycles. The van der Waals surface area contributed by atoms with Crippen LogP contribution in [-0.2, 0) is 0 Å². The van der Waals surface area contributed by atoms with Gasteiger partial charge in [-0.1, -0.05) is 29.8 Å². The van der Waals surface area contributed by atoms with Gasteiger partial charge in [-0.2, -0.15) is 0 Å². The SMILES string of the molecule is Cc1cccc2c(Cl)ccc(O)c12. The number of halogens is 1. The van der Waals surface area contributed by atoms with Crippen LogP contribution in [0.25, 0.3) is 10.8 Å². The first-order valence-electron chi connectivity index (χ1n) is 4.07. The molecular weight excluding hydrogens is 184 g/mol. The molecule has 13 heavy (non-hydrogen) atoms. The van der Waals surface area contributed by atoms with Crippen LogP contribution in [0.5, 0.6) is 5.75 Å². The standard InChI is InChI=1S/C11H9ClO/c1-7-3-2-4-8-9(12)5-6-10(13)11(7)8/h2-6,13H,1H3. The summed E-state index contributed by atoms with van der Waals surface area (Å²) in [4.78, 5) is 0. The predicted molar refractivity (Wildman–Crippen MR) is 55.4 cm³/mol. The minimum Gasteiger partial charge on any atom is -0.507 e. The maximum Gasteiger partial charge on any atom is 0.123 e. The minimum atomic E-state index is 0.289. The van der Waals surface area contributed by atoms with Gasteiger partial charge in [-0.05, 0) is 24.6 Å². The van der Waals surface area contributed by atoms with E-state index in [1.54, 1.807) is 12.1 Å². The van der Waals surface area contributed by atoms with Crippen molar-refractivity contribution in [2.75, 3.05) is 0 Å². The summed E-state index contributed by atoms with van der Waals surface area (Å²) < 4.78 is 0. The molecule has 0 aliphatic rings. The van der Waals surface area contributed by atoms with E-state index in [1.807, 2.05) is 25.1 Å². The minimum absolute atomic E-state index is 0.289. The summed E-state index contributed by atoms with van der Waals surface area (Å²) in [5, 5.41) is 12.0. The zero-order valence-corrected chi connectivity index (χ0v) is 7.97. The maximum atomic E-state index is 9.62. The largest absolute Gasteiger partial charge is 0.507 e. The van der Waals surface area contributed by atoms with Crippen molar-refractivity contribution in [2.45, 2.75) is 6.92 Å². The van der Waals surface area contributed by atoms with Crippen LogP contribution in [0.2, 0.25) is 5.02 Å². The summed E-state index contributed by atoms with van der Waals surface area (Å²) in [7, 11) is 0. The lowest BCUT2D eigenvalue weighted by atomic mass is 10.0. The second kappa shape index (κ2) is 2.93. The molecular formula is C11H9ClO. The molecule has 0 bridgehead atoms. The van der Waals surface area contributed by atoms with Crippen molar-refractivity contribution in [3.63, 3.8) is 0 Å². The summed E-state index contributed by atoms with van der Waals surface area (Å²) in [6, 6.07) is 9.13. The third-order valence-corrected chi connectivity index (χ3v) is 2.50. The van der Waals surface area contributed by atoms with Crippen molar-refractivity contribution < 1.29 is 5.11 Å². The molecule has 2 aromatic carbocycles. The fourth-order valence-corrected chi connectivity index (χ4v) is 1.75. The highest BCUT2D eigenvalue weighted by molar-refractivity contribution is 6.35. The Morgan fingerprint density at radius 1 is 1.15 bits per heavy atom. The van der Waals surface area contributed by atoms with Crippen LogP contribution < -0.4 is 0 Å². The Morgan fingerprint density at radius 3 is 2.62 bits per heavy atom. The lowest BCUT2D eigenvalue weighted by Crippen LogP contribution is -1.79. The van der Waals surface area contributed by atoms with Crippen molar-refractivity contribution in [1.29, 1.82) is 0 Å². The van der Waals surface area contributed by atoms with Gasteiger partial charge in [0.05, 0.1) is 0 Å². The van der Waals surface area contributed by atoms with E-state index in [1.165, 1.54) is 0 Å². The van der Waals surface area contributed by atoms with Gasteiger partial charge < -0.3 is 5.11 Å². The number of hydrogen-bond acceptors (Lipinski definition) is 1. The number of phenolic OH excluding ortho intramolecular Hbond substituents is 1. The lowest BCUT2D eigenvalue weighted by molar-refractivity contribution is 0.481. The number of aromatic hydroxyl groups is 1. The Morgan fingerprint density at radius 2 is 1.92 bits per heavy atom. The zero-order chi connectivity index (χ0) is 9.42. The molecule has 0 aromatic heterocycles. The lowest BCUT2D eigenvalue weighted by Gasteiger charge is -2.05. The molecule has 0 radical (unpaired) electrons. The van der Waals surface area contributed by atoms with Gasteiger partial charge in [0.15, 0.2) is 0 Å². The van der Waals surface area contributed by atoms with E-state index in [0.29, 0.717) is 5.02 Å². The quantitative estimate of drug-likeness (QED) is 0.677. The third kappa shape index (κ3) is 1.25. The number of hydrogen-bond donors (Lipinski definition) is 1. The van der Waals surface area contributed by atoms with Crippen LogP contribution in [-0.4, -0.2) is 5.11 Å². The van der Waals surface area contributed by atoms with E-state index in [9.17, 15) is 5.11 Å². The molecule has 0 saturated heterocycles. The number of rotatable bonds is 0. The predicted octanol–water partition coefficient (Wildman–Crippen LogP) is 3.51. The van der Waals surface area contributed by atoms with E-state index < -0.39 is 0 Å². The highest BCUT2D eigenvalue weighted by Crippen LogP contribution is 2.32. The molecule has 0 aliphatic carbocycles. The Hall–Kier alpha value is -1.21. The molecule has 0 fully saturated rings. The van der Waals surface area contributed by atoms with E-state index >= 15 is 0 Å². The molecule has 2 rings (SSSR count). The van der Waals surface area contributed by atoms with Crippen molar-refractivity contribution in [3.05, 3.63) is 40.9 Å². The monoisotopic (exact) mass is 192 g/mol. The van der Waals surface area contributed by atoms with E-state index in [0.717, 1.165) is 16.3 Å². The number of phenols is 1. The average Bonchev–Trinajstić information content (AvgIpc) is 2.12. The van der Waals surface area contributed by atoms with E-state index in [-0.39, 0.29) is 5.75 Å². The van der Waals surface area contributed by atoms with Gasteiger partial charge in [0, 0.05) is 15.8 Å². The first-order valence-corrected chi connectivity index (χ1v) is 4.45. The highest BCUT2D eigenvalue weighted by Gasteiger charge is 2.04. The zero-order valence-electron chi connectivity index (χ0n) is 7.21. The van der Waals surface area contributed by atoms with Crippen molar-refractivity contribution >= 4 is 22.4 Å². The Kier molecular flexibility index (Phi) is 1.89. The fraction of sp³-hybridized carbons (Fsp3) is 0.0909. The second-order valence-electron chi connectivity index (χ2n) is 3.06. The third-order valence-electron chi connectivity index (χ3n) is 2.17. The van der Waals surface area contributed by atoms with Crippen molar-refractivity contribution in [3.8, 4) is 5.75 Å².